The maximum absolute atomic E-state index is 12.0. The summed E-state index contributed by atoms with van der Waals surface area (Å²) in [6.45, 7) is 4.59. The van der Waals surface area contributed by atoms with Crippen molar-refractivity contribution in [3.63, 3.8) is 0 Å². The number of benzene rings is 1. The second-order valence-corrected chi connectivity index (χ2v) is 7.37. The van der Waals surface area contributed by atoms with Crippen molar-refractivity contribution in [1.82, 2.24) is 9.03 Å². The fourth-order valence-electron chi connectivity index (χ4n) is 1.55. The number of rotatable bonds is 7. The van der Waals surface area contributed by atoms with Crippen molar-refractivity contribution in [3.05, 3.63) is 35.4 Å². The van der Waals surface area contributed by atoms with Gasteiger partial charge in [-0.05, 0) is 17.5 Å². The van der Waals surface area contributed by atoms with Crippen LogP contribution >= 0.6 is 12.2 Å². The molecule has 112 valence electrons. The predicted molar refractivity (Wildman–Crippen MR) is 85.6 cm³/mol. The summed E-state index contributed by atoms with van der Waals surface area (Å²) in [4.78, 5) is 0.301. The van der Waals surface area contributed by atoms with Crippen LogP contribution < -0.4 is 10.5 Å². The Balaban J connectivity index is 2.77. The standard InChI is InChI=1S/C13H21N3O2S2/c1-10(2)8-15-20(17,18)16(3)9-11-5-4-6-12(7-11)13(14)19/h4-7,10,15H,8-9H2,1-3H3,(H2,14,19). The van der Waals surface area contributed by atoms with E-state index in [1.165, 1.54) is 11.4 Å². The lowest BCUT2D eigenvalue weighted by molar-refractivity contribution is 0.449. The van der Waals surface area contributed by atoms with Gasteiger partial charge in [0.1, 0.15) is 4.99 Å². The second-order valence-electron chi connectivity index (χ2n) is 5.07. The lowest BCUT2D eigenvalue weighted by Crippen LogP contribution is -2.39. The van der Waals surface area contributed by atoms with Gasteiger partial charge in [-0.1, -0.05) is 44.3 Å². The van der Waals surface area contributed by atoms with Crippen molar-refractivity contribution in [3.8, 4) is 0 Å². The lowest BCUT2D eigenvalue weighted by Gasteiger charge is -2.19. The van der Waals surface area contributed by atoms with Gasteiger partial charge in [0.05, 0.1) is 0 Å². The monoisotopic (exact) mass is 315 g/mol. The van der Waals surface area contributed by atoms with Crippen molar-refractivity contribution < 1.29 is 8.42 Å². The zero-order valence-corrected chi connectivity index (χ0v) is 13.6. The first-order valence-corrected chi connectivity index (χ1v) is 8.17. The normalized spacial score (nSPS) is 12.1. The molecular weight excluding hydrogens is 294 g/mol. The third-order valence-corrected chi connectivity index (χ3v) is 4.42. The molecule has 0 heterocycles. The maximum atomic E-state index is 12.0. The quantitative estimate of drug-likeness (QED) is 0.743. The van der Waals surface area contributed by atoms with E-state index in [1.807, 2.05) is 26.0 Å². The third kappa shape index (κ3) is 5.16. The predicted octanol–water partition coefficient (Wildman–Crippen LogP) is 1.24. The molecule has 0 aliphatic rings. The van der Waals surface area contributed by atoms with Crippen LogP contribution in [0.2, 0.25) is 0 Å². The van der Waals surface area contributed by atoms with Gasteiger partial charge >= 0.3 is 0 Å². The molecule has 0 fully saturated rings. The molecule has 0 saturated carbocycles. The summed E-state index contributed by atoms with van der Waals surface area (Å²) in [5, 5.41) is 0. The molecule has 0 unspecified atom stereocenters. The van der Waals surface area contributed by atoms with Crippen LogP contribution in [-0.2, 0) is 16.8 Å². The Kier molecular flexibility index (Phi) is 6.07. The van der Waals surface area contributed by atoms with E-state index in [1.54, 1.807) is 12.1 Å². The Bertz CT molecular complexity index is 571. The molecule has 0 spiro atoms. The minimum absolute atomic E-state index is 0.260. The van der Waals surface area contributed by atoms with Crippen LogP contribution in [0.1, 0.15) is 25.0 Å². The van der Waals surface area contributed by atoms with Crippen LogP contribution in [-0.4, -0.2) is 31.3 Å². The van der Waals surface area contributed by atoms with Crippen molar-refractivity contribution >= 4 is 27.4 Å². The molecule has 0 atom stereocenters. The van der Waals surface area contributed by atoms with E-state index in [2.05, 4.69) is 4.72 Å². The molecule has 0 aromatic heterocycles. The highest BCUT2D eigenvalue weighted by atomic mass is 32.2. The molecule has 0 amide bonds. The van der Waals surface area contributed by atoms with Crippen LogP contribution in [0.15, 0.2) is 24.3 Å². The molecule has 1 aromatic rings. The summed E-state index contributed by atoms with van der Waals surface area (Å²) in [6, 6.07) is 7.26. The van der Waals surface area contributed by atoms with Crippen LogP contribution in [0.25, 0.3) is 0 Å². The van der Waals surface area contributed by atoms with Crippen molar-refractivity contribution in [1.29, 1.82) is 0 Å². The number of nitrogens with two attached hydrogens (primary N) is 1. The van der Waals surface area contributed by atoms with Crippen LogP contribution in [0, 0.1) is 5.92 Å². The van der Waals surface area contributed by atoms with Crippen LogP contribution in [0.4, 0.5) is 0 Å². The Morgan fingerprint density at radius 1 is 1.45 bits per heavy atom. The molecule has 0 radical (unpaired) electrons. The smallest absolute Gasteiger partial charge is 0.279 e. The topological polar surface area (TPSA) is 75.4 Å². The van der Waals surface area contributed by atoms with Gasteiger partial charge in [-0.15, -0.1) is 0 Å². The lowest BCUT2D eigenvalue weighted by atomic mass is 10.1. The SMILES string of the molecule is CC(C)CNS(=O)(=O)N(C)Cc1cccc(C(N)=S)c1. The molecule has 20 heavy (non-hydrogen) atoms. The Labute approximate surface area is 126 Å². The highest BCUT2D eigenvalue weighted by Gasteiger charge is 2.17. The first kappa shape index (κ1) is 17.0. The van der Waals surface area contributed by atoms with Gasteiger partial charge in [-0.25, -0.2) is 4.72 Å². The summed E-state index contributed by atoms with van der Waals surface area (Å²) in [5.41, 5.74) is 7.14. The van der Waals surface area contributed by atoms with Crippen LogP contribution in [0.5, 0.6) is 0 Å². The van der Waals surface area contributed by atoms with Crippen molar-refractivity contribution in [2.24, 2.45) is 11.7 Å². The van der Waals surface area contributed by atoms with Gasteiger partial charge in [0.15, 0.2) is 0 Å². The fourth-order valence-corrected chi connectivity index (χ4v) is 2.76. The number of nitrogens with one attached hydrogen (secondary N) is 1. The number of thiocarbonyl (C=S) groups is 1. The van der Waals surface area contributed by atoms with E-state index in [-0.39, 0.29) is 12.5 Å². The van der Waals surface area contributed by atoms with Crippen LogP contribution in [0.3, 0.4) is 0 Å². The molecule has 1 rings (SSSR count). The van der Waals surface area contributed by atoms with Gasteiger partial charge < -0.3 is 5.73 Å². The zero-order chi connectivity index (χ0) is 15.3. The average Bonchev–Trinajstić information content (AvgIpc) is 2.36. The summed E-state index contributed by atoms with van der Waals surface area (Å²) in [7, 11) is -1.93. The van der Waals surface area contributed by atoms with Crippen molar-refractivity contribution in [2.45, 2.75) is 20.4 Å². The minimum Gasteiger partial charge on any atom is -0.389 e. The summed E-state index contributed by atoms with van der Waals surface area (Å²) < 4.78 is 27.9. The number of hydrogen-bond acceptors (Lipinski definition) is 3. The molecule has 1 aromatic carbocycles. The van der Waals surface area contributed by atoms with E-state index in [0.29, 0.717) is 11.5 Å². The van der Waals surface area contributed by atoms with E-state index in [9.17, 15) is 8.42 Å². The van der Waals surface area contributed by atoms with Gasteiger partial charge in [-0.2, -0.15) is 12.7 Å². The van der Waals surface area contributed by atoms with Gasteiger partial charge in [-0.3, -0.25) is 0 Å². The van der Waals surface area contributed by atoms with Gasteiger partial charge in [0.25, 0.3) is 10.2 Å². The highest BCUT2D eigenvalue weighted by molar-refractivity contribution is 7.87. The van der Waals surface area contributed by atoms with E-state index in [0.717, 1.165) is 11.1 Å². The molecule has 7 heteroatoms. The summed E-state index contributed by atoms with van der Waals surface area (Å²) >= 11 is 4.91. The molecule has 0 bridgehead atoms. The van der Waals surface area contributed by atoms with Crippen molar-refractivity contribution in [2.75, 3.05) is 13.6 Å². The Hall–Kier alpha value is -1.02. The molecular formula is C13H21N3O2S2. The molecule has 0 aliphatic heterocycles. The Morgan fingerprint density at radius 3 is 2.65 bits per heavy atom. The van der Waals surface area contributed by atoms with E-state index < -0.39 is 10.2 Å². The first-order valence-electron chi connectivity index (χ1n) is 6.32. The highest BCUT2D eigenvalue weighted by Crippen LogP contribution is 2.09. The van der Waals surface area contributed by atoms with Gasteiger partial charge in [0, 0.05) is 25.7 Å². The van der Waals surface area contributed by atoms with E-state index in [4.69, 9.17) is 18.0 Å². The second kappa shape index (κ2) is 7.12. The molecule has 5 nitrogen and oxygen atoms in total. The largest absolute Gasteiger partial charge is 0.389 e. The molecule has 3 N–H and O–H groups in total. The number of hydrogen-bond donors (Lipinski definition) is 2. The fraction of sp³-hybridized carbons (Fsp3) is 0.462. The summed E-state index contributed by atoms with van der Waals surface area (Å²) in [6.07, 6.45) is 0. The molecule has 0 saturated heterocycles. The average molecular weight is 315 g/mol. The zero-order valence-electron chi connectivity index (χ0n) is 12.0. The first-order chi connectivity index (χ1) is 9.22. The maximum Gasteiger partial charge on any atom is 0.279 e. The van der Waals surface area contributed by atoms with Gasteiger partial charge in [0.2, 0.25) is 0 Å². The van der Waals surface area contributed by atoms with E-state index >= 15 is 0 Å². The molecule has 0 aliphatic carbocycles. The minimum atomic E-state index is -3.47. The third-order valence-electron chi connectivity index (χ3n) is 2.70. The summed E-state index contributed by atoms with van der Waals surface area (Å²) in [5.74, 6) is 0.260. The Morgan fingerprint density at radius 2 is 2.10 bits per heavy atom. The number of nitrogens with zero attached hydrogens (tertiary/aromatic N) is 1.